The van der Waals surface area contributed by atoms with Gasteiger partial charge in [0.05, 0.1) is 5.92 Å². The van der Waals surface area contributed by atoms with E-state index in [1.807, 2.05) is 0 Å². The Morgan fingerprint density at radius 3 is 2.56 bits per heavy atom. The molecule has 2 saturated heterocycles. The van der Waals surface area contributed by atoms with Crippen LogP contribution in [0.15, 0.2) is 0 Å². The van der Waals surface area contributed by atoms with Crippen LogP contribution < -0.4 is 11.2 Å². The van der Waals surface area contributed by atoms with Gasteiger partial charge in [-0.2, -0.15) is 0 Å². The van der Waals surface area contributed by atoms with Crippen molar-refractivity contribution in [3.63, 3.8) is 0 Å². The molecule has 0 bridgehead atoms. The van der Waals surface area contributed by atoms with E-state index in [-0.39, 0.29) is 19.1 Å². The van der Waals surface area contributed by atoms with Crippen LogP contribution >= 0.6 is 0 Å². The second-order valence-electron chi connectivity index (χ2n) is 8.71. The molecule has 3 rings (SSSR count). The first-order chi connectivity index (χ1) is 15.2. The molecule has 1 unspecified atom stereocenters. The Labute approximate surface area is 186 Å². The molecular formula is C21H32N4O7. The molecule has 1 saturated carbocycles. The number of ketones is 2. The van der Waals surface area contributed by atoms with Crippen LogP contribution in [-0.2, 0) is 28.7 Å². The number of carboxylic acid groups (broad SMARTS) is 1. The Hall–Kier alpha value is -2.37. The number of carboxylic acids is 1. The fourth-order valence-electron chi connectivity index (χ4n) is 4.93. The zero-order valence-corrected chi connectivity index (χ0v) is 18.4. The van der Waals surface area contributed by atoms with Crippen LogP contribution in [-0.4, -0.2) is 82.9 Å². The SMILES string of the molecule is CCO[C@@]1(N(N)C(=O)[C@@H]2CCCN(C(=O)CCC3CCNCC3)C2)C(=O)C(=O)C1C(=O)O. The van der Waals surface area contributed by atoms with Crippen LogP contribution in [0.4, 0.5) is 0 Å². The number of hydrogen-bond donors (Lipinski definition) is 3. The molecule has 11 heteroatoms. The summed E-state index contributed by atoms with van der Waals surface area (Å²) in [4.78, 5) is 63.3. The zero-order valence-electron chi connectivity index (χ0n) is 18.4. The molecule has 3 fully saturated rings. The summed E-state index contributed by atoms with van der Waals surface area (Å²) in [5.41, 5.74) is -2.34. The Bertz CT molecular complexity index is 782. The highest BCUT2D eigenvalue weighted by Crippen LogP contribution is 2.39. The maximum Gasteiger partial charge on any atom is 0.320 e. The number of amides is 2. The van der Waals surface area contributed by atoms with Crippen LogP contribution in [0.2, 0.25) is 0 Å². The summed E-state index contributed by atoms with van der Waals surface area (Å²) in [6.45, 7) is 4.00. The fourth-order valence-corrected chi connectivity index (χ4v) is 4.93. The van der Waals surface area contributed by atoms with E-state index < -0.39 is 41.0 Å². The van der Waals surface area contributed by atoms with Gasteiger partial charge in [-0.3, -0.25) is 24.0 Å². The molecule has 2 aliphatic heterocycles. The minimum absolute atomic E-state index is 0.0255. The first kappa shape index (κ1) is 24.3. The van der Waals surface area contributed by atoms with Gasteiger partial charge in [0.2, 0.25) is 23.3 Å². The molecule has 1 aliphatic carbocycles. The highest BCUT2D eigenvalue weighted by Gasteiger charge is 2.71. The number of likely N-dealkylation sites (tertiary alicyclic amines) is 1. The lowest BCUT2D eigenvalue weighted by Gasteiger charge is -2.48. The summed E-state index contributed by atoms with van der Waals surface area (Å²) in [6.07, 6.45) is 4.34. The Balaban J connectivity index is 1.65. The van der Waals surface area contributed by atoms with Crippen molar-refractivity contribution < 1.29 is 33.8 Å². The normalized spacial score (nSPS) is 28.9. The van der Waals surface area contributed by atoms with Gasteiger partial charge in [-0.1, -0.05) is 0 Å². The lowest BCUT2D eigenvalue weighted by atomic mass is 9.71. The van der Waals surface area contributed by atoms with Crippen molar-refractivity contribution in [3.8, 4) is 0 Å². The molecule has 4 N–H and O–H groups in total. The number of Topliss-reactive ketones (excluding diaryl/α,β-unsaturated/α-hetero) is 2. The van der Waals surface area contributed by atoms with Gasteiger partial charge in [0.25, 0.3) is 5.78 Å². The van der Waals surface area contributed by atoms with Crippen LogP contribution in [0.25, 0.3) is 0 Å². The Morgan fingerprint density at radius 1 is 1.25 bits per heavy atom. The van der Waals surface area contributed by atoms with E-state index in [2.05, 4.69) is 5.32 Å². The van der Waals surface area contributed by atoms with E-state index in [4.69, 9.17) is 10.6 Å². The number of carbonyl (C=O) groups excluding carboxylic acids is 4. The molecular weight excluding hydrogens is 420 g/mol. The van der Waals surface area contributed by atoms with E-state index in [1.165, 1.54) is 6.92 Å². The van der Waals surface area contributed by atoms with Crippen LogP contribution in [0, 0.1) is 17.8 Å². The second kappa shape index (κ2) is 10.1. The van der Waals surface area contributed by atoms with E-state index in [0.717, 1.165) is 32.4 Å². The van der Waals surface area contributed by atoms with Gasteiger partial charge >= 0.3 is 5.97 Å². The predicted octanol–water partition coefficient (Wildman–Crippen LogP) is -0.707. The molecule has 32 heavy (non-hydrogen) atoms. The monoisotopic (exact) mass is 452 g/mol. The minimum atomic E-state index is -2.34. The van der Waals surface area contributed by atoms with Crippen molar-refractivity contribution in [2.24, 2.45) is 23.6 Å². The molecule has 0 aromatic rings. The van der Waals surface area contributed by atoms with Crippen molar-refractivity contribution in [3.05, 3.63) is 0 Å². The van der Waals surface area contributed by atoms with Gasteiger partial charge in [-0.05, 0) is 58.0 Å². The molecule has 0 aromatic carbocycles. The predicted molar refractivity (Wildman–Crippen MR) is 111 cm³/mol. The van der Waals surface area contributed by atoms with E-state index in [1.54, 1.807) is 4.90 Å². The fraction of sp³-hybridized carbons (Fsp3) is 0.762. The number of hydrazine groups is 1. The zero-order chi connectivity index (χ0) is 23.5. The largest absolute Gasteiger partial charge is 0.481 e. The number of hydrogen-bond acceptors (Lipinski definition) is 8. The minimum Gasteiger partial charge on any atom is -0.481 e. The summed E-state index contributed by atoms with van der Waals surface area (Å²) in [5, 5.41) is 13.2. The lowest BCUT2D eigenvalue weighted by molar-refractivity contribution is -0.224. The lowest BCUT2D eigenvalue weighted by Crippen LogP contribution is -2.79. The molecule has 2 amide bonds. The van der Waals surface area contributed by atoms with Gasteiger partial charge < -0.3 is 20.1 Å². The van der Waals surface area contributed by atoms with Crippen molar-refractivity contribution in [1.29, 1.82) is 0 Å². The first-order valence-corrected chi connectivity index (χ1v) is 11.3. The molecule has 3 atom stereocenters. The maximum absolute atomic E-state index is 13.1. The van der Waals surface area contributed by atoms with Gasteiger partial charge in [0, 0.05) is 26.1 Å². The molecule has 178 valence electrons. The van der Waals surface area contributed by atoms with E-state index >= 15 is 0 Å². The van der Waals surface area contributed by atoms with Gasteiger partial charge in [0.15, 0.2) is 5.92 Å². The van der Waals surface area contributed by atoms with Crippen molar-refractivity contribution in [1.82, 2.24) is 15.2 Å². The quantitative estimate of drug-likeness (QED) is 0.108. The highest BCUT2D eigenvalue weighted by atomic mass is 16.5. The van der Waals surface area contributed by atoms with Crippen LogP contribution in [0.3, 0.4) is 0 Å². The average Bonchev–Trinajstić information content (AvgIpc) is 2.81. The number of rotatable bonds is 8. The molecule has 2 heterocycles. The van der Waals surface area contributed by atoms with E-state index in [0.29, 0.717) is 36.7 Å². The first-order valence-electron chi connectivity index (χ1n) is 11.3. The molecule has 11 nitrogen and oxygen atoms in total. The van der Waals surface area contributed by atoms with Crippen molar-refractivity contribution >= 4 is 29.4 Å². The van der Waals surface area contributed by atoms with Crippen LogP contribution in [0.5, 0.6) is 0 Å². The topological polar surface area (TPSA) is 159 Å². The number of nitrogens with two attached hydrogens (primary N) is 1. The smallest absolute Gasteiger partial charge is 0.320 e. The average molecular weight is 453 g/mol. The van der Waals surface area contributed by atoms with Gasteiger partial charge in [-0.25, -0.2) is 10.9 Å². The third-order valence-corrected chi connectivity index (χ3v) is 6.76. The van der Waals surface area contributed by atoms with Crippen molar-refractivity contribution in [2.75, 3.05) is 32.8 Å². The number of nitrogens with zero attached hydrogens (tertiary/aromatic N) is 2. The Morgan fingerprint density at radius 2 is 1.94 bits per heavy atom. The summed E-state index contributed by atoms with van der Waals surface area (Å²) < 4.78 is 5.32. The standard InChI is InChI=1S/C21H32N4O7/c1-2-32-21(16(20(30)31)17(27)18(21)28)25(22)19(29)14-4-3-11-24(12-14)15(26)6-5-13-7-9-23-10-8-13/h13-14,16,23H,2-12,22H2,1H3,(H,30,31)/t14-,16?,21-/m1/s1. The molecule has 0 spiro atoms. The highest BCUT2D eigenvalue weighted by molar-refractivity contribution is 6.52. The van der Waals surface area contributed by atoms with Crippen LogP contribution in [0.1, 0.15) is 45.4 Å². The van der Waals surface area contributed by atoms with Gasteiger partial charge in [-0.15, -0.1) is 0 Å². The number of nitrogens with one attached hydrogen (secondary N) is 1. The number of ether oxygens (including phenoxy) is 1. The number of carbonyl (C=O) groups is 5. The summed E-state index contributed by atoms with van der Waals surface area (Å²) in [6, 6.07) is 0. The number of piperidine rings is 2. The van der Waals surface area contributed by atoms with Crippen molar-refractivity contribution in [2.45, 2.75) is 51.2 Å². The molecule has 0 aromatic heterocycles. The third kappa shape index (κ3) is 4.41. The Kier molecular flexibility index (Phi) is 7.63. The third-order valence-electron chi connectivity index (χ3n) is 6.76. The molecule has 0 radical (unpaired) electrons. The molecule has 3 aliphatic rings. The maximum atomic E-state index is 13.1. The summed E-state index contributed by atoms with van der Waals surface area (Å²) in [5.74, 6) is -0.707. The number of aliphatic carboxylic acids is 1. The summed E-state index contributed by atoms with van der Waals surface area (Å²) in [7, 11) is 0. The van der Waals surface area contributed by atoms with Gasteiger partial charge in [0.1, 0.15) is 0 Å². The summed E-state index contributed by atoms with van der Waals surface area (Å²) >= 11 is 0. The van der Waals surface area contributed by atoms with E-state index in [9.17, 15) is 29.1 Å². The second-order valence-corrected chi connectivity index (χ2v) is 8.71.